The van der Waals surface area contributed by atoms with Crippen molar-refractivity contribution < 1.29 is 23.4 Å². The van der Waals surface area contributed by atoms with Crippen LogP contribution in [0.15, 0.2) is 48.5 Å². The van der Waals surface area contributed by atoms with Crippen molar-refractivity contribution in [2.45, 2.75) is 46.4 Å². The lowest BCUT2D eigenvalue weighted by atomic mass is 10.1. The molecule has 35 heavy (non-hydrogen) atoms. The summed E-state index contributed by atoms with van der Waals surface area (Å²) in [6.07, 6.45) is -0.649. The Hall–Kier alpha value is -2.81. The standard InChI is InChI=1S/C27H35F2N3O3/c1-18(2)14-32(15-22(33)17-34-19(3)4)16-23-26(20-9-7-6-8-10-20)30-31(5)27(23)35-25-12-11-21(28)13-24(25)29/h6-13,18-19,22,33H,14-17H2,1-5H3/t22-/m1/s1. The number of hydrogen-bond donors (Lipinski definition) is 1. The Labute approximate surface area is 206 Å². The van der Waals surface area contributed by atoms with Crippen LogP contribution in [-0.2, 0) is 18.3 Å². The summed E-state index contributed by atoms with van der Waals surface area (Å²) in [6.45, 7) is 9.82. The smallest absolute Gasteiger partial charge is 0.222 e. The van der Waals surface area contributed by atoms with E-state index in [2.05, 4.69) is 23.8 Å². The highest BCUT2D eigenvalue weighted by Crippen LogP contribution is 2.35. The minimum absolute atomic E-state index is 0.0248. The van der Waals surface area contributed by atoms with Gasteiger partial charge in [-0.2, -0.15) is 5.10 Å². The van der Waals surface area contributed by atoms with Crippen LogP contribution in [0.5, 0.6) is 11.6 Å². The van der Waals surface area contributed by atoms with Gasteiger partial charge in [0.2, 0.25) is 5.88 Å². The van der Waals surface area contributed by atoms with Gasteiger partial charge in [0.1, 0.15) is 11.5 Å². The second kappa shape index (κ2) is 12.2. The number of benzene rings is 2. The molecule has 0 amide bonds. The second-order valence-electron chi connectivity index (χ2n) is 9.42. The largest absolute Gasteiger partial charge is 0.436 e. The number of nitrogens with zero attached hydrogens (tertiary/aromatic N) is 3. The molecule has 0 radical (unpaired) electrons. The second-order valence-corrected chi connectivity index (χ2v) is 9.42. The molecule has 190 valence electrons. The van der Waals surface area contributed by atoms with Crippen LogP contribution < -0.4 is 4.74 Å². The predicted molar refractivity (Wildman–Crippen MR) is 132 cm³/mol. The summed E-state index contributed by atoms with van der Waals surface area (Å²) in [7, 11) is 1.73. The van der Waals surface area contributed by atoms with Crippen LogP contribution in [0, 0.1) is 17.6 Å². The van der Waals surface area contributed by atoms with Crippen molar-refractivity contribution in [2.75, 3.05) is 19.7 Å². The van der Waals surface area contributed by atoms with Crippen molar-refractivity contribution in [3.63, 3.8) is 0 Å². The van der Waals surface area contributed by atoms with E-state index in [-0.39, 0.29) is 18.5 Å². The Morgan fingerprint density at radius 3 is 2.37 bits per heavy atom. The van der Waals surface area contributed by atoms with Gasteiger partial charge >= 0.3 is 0 Å². The molecule has 0 saturated carbocycles. The molecule has 0 unspecified atom stereocenters. The number of aromatic nitrogens is 2. The third kappa shape index (κ3) is 7.59. The van der Waals surface area contributed by atoms with Gasteiger partial charge in [0.05, 0.1) is 24.4 Å². The maximum atomic E-state index is 14.4. The van der Waals surface area contributed by atoms with E-state index in [1.54, 1.807) is 11.7 Å². The maximum absolute atomic E-state index is 14.4. The fraction of sp³-hybridized carbons (Fsp3) is 0.444. The van der Waals surface area contributed by atoms with Crippen LogP contribution in [0.25, 0.3) is 11.3 Å². The molecule has 6 nitrogen and oxygen atoms in total. The van der Waals surface area contributed by atoms with E-state index < -0.39 is 17.7 Å². The molecule has 1 aromatic heterocycles. The average molecular weight is 488 g/mol. The van der Waals surface area contributed by atoms with E-state index in [1.165, 1.54) is 6.07 Å². The molecule has 0 aliphatic carbocycles. The highest BCUT2D eigenvalue weighted by Gasteiger charge is 2.24. The van der Waals surface area contributed by atoms with Crippen molar-refractivity contribution in [3.05, 3.63) is 65.7 Å². The van der Waals surface area contributed by atoms with Crippen molar-refractivity contribution in [3.8, 4) is 22.9 Å². The SMILES string of the molecule is CC(C)CN(Cc1c(-c2ccccc2)nn(C)c1Oc1ccc(F)cc1F)C[C@@H](O)COC(C)C. The van der Waals surface area contributed by atoms with Gasteiger partial charge < -0.3 is 14.6 Å². The first-order chi connectivity index (χ1) is 16.6. The third-order valence-corrected chi connectivity index (χ3v) is 5.33. The molecule has 1 heterocycles. The molecule has 0 aliphatic rings. The van der Waals surface area contributed by atoms with E-state index in [1.807, 2.05) is 44.2 Å². The summed E-state index contributed by atoms with van der Waals surface area (Å²) in [6, 6.07) is 12.9. The van der Waals surface area contributed by atoms with Gasteiger partial charge in [-0.25, -0.2) is 13.5 Å². The number of rotatable bonds is 12. The molecule has 0 aliphatic heterocycles. The molecular weight excluding hydrogens is 452 g/mol. The van der Waals surface area contributed by atoms with Gasteiger partial charge in [0, 0.05) is 38.3 Å². The molecule has 3 aromatic rings. The fourth-order valence-corrected chi connectivity index (χ4v) is 3.91. The van der Waals surface area contributed by atoms with Gasteiger partial charge in [-0.3, -0.25) is 4.90 Å². The number of halogens is 2. The first-order valence-corrected chi connectivity index (χ1v) is 11.9. The molecule has 1 atom stereocenters. The lowest BCUT2D eigenvalue weighted by molar-refractivity contribution is -0.0109. The molecule has 0 fully saturated rings. The molecule has 8 heteroatoms. The summed E-state index contributed by atoms with van der Waals surface area (Å²) in [5, 5.41) is 15.3. The molecule has 0 saturated heterocycles. The van der Waals surface area contributed by atoms with Crippen LogP contribution in [-0.4, -0.2) is 51.7 Å². The number of aryl methyl sites for hydroxylation is 1. The molecule has 3 rings (SSSR count). The first-order valence-electron chi connectivity index (χ1n) is 11.9. The van der Waals surface area contributed by atoms with Gasteiger partial charge in [0.25, 0.3) is 0 Å². The minimum atomic E-state index is -0.793. The molecule has 2 aromatic carbocycles. The van der Waals surface area contributed by atoms with Crippen LogP contribution in [0.4, 0.5) is 8.78 Å². The summed E-state index contributed by atoms with van der Waals surface area (Å²) >= 11 is 0. The molecular formula is C27H35F2N3O3. The number of ether oxygens (including phenoxy) is 2. The zero-order chi connectivity index (χ0) is 25.5. The Kier molecular flexibility index (Phi) is 9.37. The Morgan fingerprint density at radius 2 is 1.74 bits per heavy atom. The van der Waals surface area contributed by atoms with Crippen molar-refractivity contribution >= 4 is 0 Å². The van der Waals surface area contributed by atoms with Crippen LogP contribution in [0.2, 0.25) is 0 Å². The summed E-state index contributed by atoms with van der Waals surface area (Å²) in [5.74, 6) is -0.861. The van der Waals surface area contributed by atoms with Gasteiger partial charge in [0.15, 0.2) is 11.6 Å². The Bertz CT molecular complexity index is 1090. The number of aliphatic hydroxyl groups excluding tert-OH is 1. The van der Waals surface area contributed by atoms with E-state index >= 15 is 0 Å². The highest BCUT2D eigenvalue weighted by molar-refractivity contribution is 5.65. The highest BCUT2D eigenvalue weighted by atomic mass is 19.1. The third-order valence-electron chi connectivity index (χ3n) is 5.33. The Balaban J connectivity index is 1.98. The lowest BCUT2D eigenvalue weighted by Crippen LogP contribution is -2.37. The van der Waals surface area contributed by atoms with Gasteiger partial charge in [-0.15, -0.1) is 0 Å². The molecule has 1 N–H and O–H groups in total. The van der Waals surface area contributed by atoms with Crippen LogP contribution in [0.3, 0.4) is 0 Å². The van der Waals surface area contributed by atoms with E-state index in [4.69, 9.17) is 9.47 Å². The van der Waals surface area contributed by atoms with E-state index in [0.717, 1.165) is 23.3 Å². The zero-order valence-electron chi connectivity index (χ0n) is 21.0. The fourth-order valence-electron chi connectivity index (χ4n) is 3.91. The van der Waals surface area contributed by atoms with Crippen molar-refractivity contribution in [1.29, 1.82) is 0 Å². The van der Waals surface area contributed by atoms with E-state index in [9.17, 15) is 13.9 Å². The van der Waals surface area contributed by atoms with E-state index in [0.29, 0.717) is 37.1 Å². The van der Waals surface area contributed by atoms with Gasteiger partial charge in [-0.05, 0) is 31.9 Å². The number of hydrogen-bond acceptors (Lipinski definition) is 5. The van der Waals surface area contributed by atoms with Crippen LogP contribution in [0.1, 0.15) is 33.3 Å². The zero-order valence-corrected chi connectivity index (χ0v) is 21.0. The topological polar surface area (TPSA) is 59.8 Å². The summed E-state index contributed by atoms with van der Waals surface area (Å²) < 4.78 is 41.0. The molecule has 0 bridgehead atoms. The summed E-state index contributed by atoms with van der Waals surface area (Å²) in [5.41, 5.74) is 2.34. The quantitative estimate of drug-likeness (QED) is 0.371. The van der Waals surface area contributed by atoms with Crippen LogP contribution >= 0.6 is 0 Å². The predicted octanol–water partition coefficient (Wildman–Crippen LogP) is 5.40. The summed E-state index contributed by atoms with van der Waals surface area (Å²) in [4.78, 5) is 2.12. The average Bonchev–Trinajstić information content (AvgIpc) is 3.09. The normalized spacial score (nSPS) is 12.7. The lowest BCUT2D eigenvalue weighted by Gasteiger charge is -2.27. The molecule has 0 spiro atoms. The van der Waals surface area contributed by atoms with Gasteiger partial charge in [-0.1, -0.05) is 44.2 Å². The Morgan fingerprint density at radius 1 is 1.03 bits per heavy atom. The monoisotopic (exact) mass is 487 g/mol. The minimum Gasteiger partial charge on any atom is -0.436 e. The number of aliphatic hydroxyl groups is 1. The van der Waals surface area contributed by atoms with Crippen molar-refractivity contribution in [2.24, 2.45) is 13.0 Å². The first kappa shape index (κ1) is 26.8. The maximum Gasteiger partial charge on any atom is 0.222 e. The van der Waals surface area contributed by atoms with Crippen molar-refractivity contribution in [1.82, 2.24) is 14.7 Å².